The Balaban J connectivity index is 1.73. The van der Waals surface area contributed by atoms with Crippen molar-refractivity contribution in [1.29, 1.82) is 0 Å². The predicted molar refractivity (Wildman–Crippen MR) is 80.5 cm³/mol. The van der Waals surface area contributed by atoms with Gasteiger partial charge in [-0.3, -0.25) is 0 Å². The van der Waals surface area contributed by atoms with Crippen LogP contribution < -0.4 is 14.8 Å². The van der Waals surface area contributed by atoms with Crippen molar-refractivity contribution in [3.8, 4) is 11.5 Å². The maximum Gasteiger partial charge on any atom is 0.161 e. The molecule has 6 heteroatoms. The molecule has 1 aromatic carbocycles. The zero-order chi connectivity index (χ0) is 14.9. The monoisotopic (exact) mass is 290 g/mol. The van der Waals surface area contributed by atoms with Gasteiger partial charge < -0.3 is 19.4 Å². The number of para-hydroxylation sites is 2. The molecule has 0 amide bonds. The van der Waals surface area contributed by atoms with Crippen molar-refractivity contribution >= 4 is 0 Å². The summed E-state index contributed by atoms with van der Waals surface area (Å²) < 4.78 is 13.3. The maximum atomic E-state index is 5.74. The molecule has 0 bridgehead atoms. The highest BCUT2D eigenvalue weighted by atomic mass is 16.5. The molecule has 1 heterocycles. The number of hydrogen-bond acceptors (Lipinski definition) is 5. The first-order chi connectivity index (χ1) is 10.3. The van der Waals surface area contributed by atoms with E-state index in [1.165, 1.54) is 0 Å². The van der Waals surface area contributed by atoms with E-state index in [1.807, 2.05) is 35.8 Å². The van der Waals surface area contributed by atoms with Crippen LogP contribution in [0.3, 0.4) is 0 Å². The normalized spacial score (nSPS) is 10.6. The quantitative estimate of drug-likeness (QED) is 0.714. The molecule has 0 saturated heterocycles. The maximum absolute atomic E-state index is 5.74. The summed E-state index contributed by atoms with van der Waals surface area (Å²) in [7, 11) is 0. The zero-order valence-electron chi connectivity index (χ0n) is 12.6. The molecule has 21 heavy (non-hydrogen) atoms. The van der Waals surface area contributed by atoms with Gasteiger partial charge in [0.05, 0.1) is 13.2 Å². The van der Waals surface area contributed by atoms with Crippen LogP contribution in [-0.2, 0) is 13.1 Å². The third-order valence-electron chi connectivity index (χ3n) is 3.00. The van der Waals surface area contributed by atoms with Gasteiger partial charge in [0, 0.05) is 13.1 Å². The Morgan fingerprint density at radius 1 is 1.14 bits per heavy atom. The van der Waals surface area contributed by atoms with Gasteiger partial charge in [-0.15, -0.1) is 10.2 Å². The lowest BCUT2D eigenvalue weighted by Gasteiger charge is -2.12. The molecule has 114 valence electrons. The minimum absolute atomic E-state index is 0.574. The zero-order valence-corrected chi connectivity index (χ0v) is 12.6. The summed E-state index contributed by atoms with van der Waals surface area (Å²) in [6.45, 7) is 7.53. The average molecular weight is 290 g/mol. The number of aryl methyl sites for hydroxylation is 1. The molecule has 0 fully saturated rings. The van der Waals surface area contributed by atoms with Crippen molar-refractivity contribution in [2.24, 2.45) is 0 Å². The van der Waals surface area contributed by atoms with Crippen LogP contribution in [0.1, 0.15) is 19.7 Å². The second-order valence-electron chi connectivity index (χ2n) is 4.44. The van der Waals surface area contributed by atoms with Crippen molar-refractivity contribution in [2.45, 2.75) is 26.9 Å². The first kappa shape index (κ1) is 15.3. The van der Waals surface area contributed by atoms with Gasteiger partial charge in [-0.1, -0.05) is 12.1 Å². The largest absolute Gasteiger partial charge is 0.490 e. The molecule has 1 aromatic heterocycles. The fourth-order valence-corrected chi connectivity index (χ4v) is 1.96. The second-order valence-corrected chi connectivity index (χ2v) is 4.44. The fourth-order valence-electron chi connectivity index (χ4n) is 1.96. The predicted octanol–water partition coefficient (Wildman–Crippen LogP) is 1.87. The molecule has 0 saturated carbocycles. The Bertz CT molecular complexity index is 542. The number of ether oxygens (including phenoxy) is 2. The smallest absolute Gasteiger partial charge is 0.161 e. The lowest BCUT2D eigenvalue weighted by molar-refractivity contribution is 0.275. The fraction of sp³-hybridized carbons (Fsp3) is 0.467. The standard InChI is InChI=1S/C15H22N4O2/c1-3-19-12-17-18-15(19)11-16-9-10-21-14-8-6-5-7-13(14)20-4-2/h5-8,12,16H,3-4,9-11H2,1-2H3. The van der Waals surface area contributed by atoms with Crippen molar-refractivity contribution in [2.75, 3.05) is 19.8 Å². The van der Waals surface area contributed by atoms with E-state index in [0.29, 0.717) is 19.8 Å². The molecule has 2 aromatic rings. The van der Waals surface area contributed by atoms with E-state index in [-0.39, 0.29) is 0 Å². The van der Waals surface area contributed by atoms with Gasteiger partial charge in [-0.2, -0.15) is 0 Å². The van der Waals surface area contributed by atoms with Crippen LogP contribution in [-0.4, -0.2) is 34.5 Å². The van der Waals surface area contributed by atoms with Crippen molar-refractivity contribution < 1.29 is 9.47 Å². The topological polar surface area (TPSA) is 61.2 Å². The minimum atomic E-state index is 0.574. The number of rotatable bonds is 9. The van der Waals surface area contributed by atoms with Gasteiger partial charge >= 0.3 is 0 Å². The molecule has 0 spiro atoms. The summed E-state index contributed by atoms with van der Waals surface area (Å²) in [5.41, 5.74) is 0. The van der Waals surface area contributed by atoms with Gasteiger partial charge in [0.25, 0.3) is 0 Å². The van der Waals surface area contributed by atoms with Gasteiger partial charge in [0.15, 0.2) is 11.5 Å². The minimum Gasteiger partial charge on any atom is -0.490 e. The molecule has 2 rings (SSSR count). The second kappa shape index (κ2) is 8.26. The Morgan fingerprint density at radius 2 is 1.90 bits per heavy atom. The van der Waals surface area contributed by atoms with Crippen LogP contribution in [0.2, 0.25) is 0 Å². The van der Waals surface area contributed by atoms with Gasteiger partial charge in [-0.25, -0.2) is 0 Å². The van der Waals surface area contributed by atoms with E-state index in [0.717, 1.165) is 30.4 Å². The van der Waals surface area contributed by atoms with E-state index < -0.39 is 0 Å². The molecular weight excluding hydrogens is 268 g/mol. The lowest BCUT2D eigenvalue weighted by atomic mass is 10.3. The summed E-state index contributed by atoms with van der Waals surface area (Å²) in [5, 5.41) is 11.3. The van der Waals surface area contributed by atoms with Crippen LogP contribution in [0.25, 0.3) is 0 Å². The van der Waals surface area contributed by atoms with E-state index in [2.05, 4.69) is 22.4 Å². The first-order valence-corrected chi connectivity index (χ1v) is 7.27. The van der Waals surface area contributed by atoms with Crippen LogP contribution >= 0.6 is 0 Å². The molecule has 0 atom stereocenters. The number of hydrogen-bond donors (Lipinski definition) is 1. The van der Waals surface area contributed by atoms with Crippen molar-refractivity contribution in [3.05, 3.63) is 36.4 Å². The van der Waals surface area contributed by atoms with E-state index in [4.69, 9.17) is 9.47 Å². The van der Waals surface area contributed by atoms with Crippen LogP contribution in [0.5, 0.6) is 11.5 Å². The van der Waals surface area contributed by atoms with Gasteiger partial charge in [-0.05, 0) is 26.0 Å². The van der Waals surface area contributed by atoms with Crippen molar-refractivity contribution in [3.63, 3.8) is 0 Å². The Kier molecular flexibility index (Phi) is 6.02. The molecule has 0 aliphatic heterocycles. The van der Waals surface area contributed by atoms with Crippen molar-refractivity contribution in [1.82, 2.24) is 20.1 Å². The highest BCUT2D eigenvalue weighted by Crippen LogP contribution is 2.25. The molecule has 0 radical (unpaired) electrons. The molecule has 0 aliphatic rings. The molecule has 6 nitrogen and oxygen atoms in total. The van der Waals surface area contributed by atoms with E-state index >= 15 is 0 Å². The third kappa shape index (κ3) is 4.46. The number of nitrogens with one attached hydrogen (secondary N) is 1. The Hall–Kier alpha value is -2.08. The van der Waals surface area contributed by atoms with Gasteiger partial charge in [0.1, 0.15) is 18.8 Å². The molecule has 0 unspecified atom stereocenters. The summed E-state index contributed by atoms with van der Waals surface area (Å²) in [6.07, 6.45) is 1.74. The van der Waals surface area contributed by atoms with E-state index in [1.54, 1.807) is 6.33 Å². The number of nitrogens with zero attached hydrogens (tertiary/aromatic N) is 3. The summed E-state index contributed by atoms with van der Waals surface area (Å²) in [6, 6.07) is 7.71. The lowest BCUT2D eigenvalue weighted by Crippen LogP contribution is -2.22. The Labute approximate surface area is 125 Å². The summed E-state index contributed by atoms with van der Waals surface area (Å²) in [4.78, 5) is 0. The van der Waals surface area contributed by atoms with Gasteiger partial charge in [0.2, 0.25) is 0 Å². The Morgan fingerprint density at radius 3 is 2.62 bits per heavy atom. The van der Waals surface area contributed by atoms with E-state index in [9.17, 15) is 0 Å². The molecular formula is C15H22N4O2. The highest BCUT2D eigenvalue weighted by molar-refractivity contribution is 5.39. The van der Waals surface area contributed by atoms with Crippen LogP contribution in [0.4, 0.5) is 0 Å². The number of benzene rings is 1. The van der Waals surface area contributed by atoms with Crippen LogP contribution in [0.15, 0.2) is 30.6 Å². The SMILES string of the molecule is CCOc1ccccc1OCCNCc1nncn1CC. The average Bonchev–Trinajstić information content (AvgIpc) is 2.96. The first-order valence-electron chi connectivity index (χ1n) is 7.27. The van der Waals surface area contributed by atoms with Crippen LogP contribution in [0, 0.1) is 0 Å². The summed E-state index contributed by atoms with van der Waals surface area (Å²) in [5.74, 6) is 2.50. The summed E-state index contributed by atoms with van der Waals surface area (Å²) >= 11 is 0. The highest BCUT2D eigenvalue weighted by Gasteiger charge is 2.04. The number of aromatic nitrogens is 3. The molecule has 0 aliphatic carbocycles. The third-order valence-corrected chi connectivity index (χ3v) is 3.00. The molecule has 1 N–H and O–H groups in total.